The molecule has 3 aromatic carbocycles. The van der Waals surface area contributed by atoms with E-state index in [9.17, 15) is 9.59 Å². The number of benzene rings is 3. The Hall–Kier alpha value is -3.78. The molecule has 0 saturated carbocycles. The van der Waals surface area contributed by atoms with Gasteiger partial charge in [-0.3, -0.25) is 14.2 Å². The Morgan fingerprint density at radius 2 is 1.82 bits per heavy atom. The van der Waals surface area contributed by atoms with Crippen molar-refractivity contribution in [1.29, 1.82) is 0 Å². The van der Waals surface area contributed by atoms with Crippen LogP contribution in [-0.4, -0.2) is 34.4 Å². The van der Waals surface area contributed by atoms with Gasteiger partial charge in [0.1, 0.15) is 13.2 Å². The van der Waals surface area contributed by atoms with Crippen molar-refractivity contribution in [1.82, 2.24) is 9.55 Å². The van der Waals surface area contributed by atoms with Crippen LogP contribution in [-0.2, 0) is 4.79 Å². The molecule has 0 atom stereocenters. The fourth-order valence-corrected chi connectivity index (χ4v) is 4.73. The van der Waals surface area contributed by atoms with Gasteiger partial charge in [0.05, 0.1) is 22.3 Å². The molecule has 2 heterocycles. The molecule has 4 aromatic rings. The second-order valence-electron chi connectivity index (χ2n) is 8.04. The Morgan fingerprint density at radius 1 is 1.03 bits per heavy atom. The molecule has 1 amide bonds. The summed E-state index contributed by atoms with van der Waals surface area (Å²) in [6, 6.07) is 18.5. The standard InChI is InChI=1S/C26H23N3O4S/c1-16-7-9-21(17(2)13-16)29-25(31)19-5-3-4-6-20(19)28-26(29)34-15-24(30)27-18-8-10-22-23(14-18)33-12-11-32-22/h3-10,13-14H,11-12,15H2,1-2H3,(H,27,30). The van der Waals surface area contributed by atoms with Gasteiger partial charge in [-0.15, -0.1) is 0 Å². The lowest BCUT2D eigenvalue weighted by atomic mass is 10.1. The smallest absolute Gasteiger partial charge is 0.266 e. The third-order valence-corrected chi connectivity index (χ3v) is 6.44. The van der Waals surface area contributed by atoms with Gasteiger partial charge in [-0.05, 0) is 49.7 Å². The zero-order chi connectivity index (χ0) is 23.7. The van der Waals surface area contributed by atoms with Crippen LogP contribution in [0.5, 0.6) is 11.5 Å². The maximum atomic E-state index is 13.4. The maximum absolute atomic E-state index is 13.4. The van der Waals surface area contributed by atoms with Gasteiger partial charge in [-0.1, -0.05) is 41.6 Å². The number of carbonyl (C=O) groups excluding carboxylic acids is 1. The largest absolute Gasteiger partial charge is 0.486 e. The number of nitrogens with zero attached hydrogens (tertiary/aromatic N) is 2. The van der Waals surface area contributed by atoms with E-state index in [1.165, 1.54) is 11.8 Å². The molecule has 0 bridgehead atoms. The molecule has 7 nitrogen and oxygen atoms in total. The van der Waals surface area contributed by atoms with E-state index in [0.717, 1.165) is 16.8 Å². The van der Waals surface area contributed by atoms with Gasteiger partial charge in [-0.25, -0.2) is 4.98 Å². The van der Waals surface area contributed by atoms with Crippen molar-refractivity contribution in [3.63, 3.8) is 0 Å². The van der Waals surface area contributed by atoms with Crippen LogP contribution >= 0.6 is 11.8 Å². The molecule has 1 aliphatic heterocycles. The molecule has 5 rings (SSSR count). The van der Waals surface area contributed by atoms with Crippen molar-refractivity contribution in [2.24, 2.45) is 0 Å². The molecule has 0 radical (unpaired) electrons. The summed E-state index contributed by atoms with van der Waals surface area (Å²) in [7, 11) is 0. The van der Waals surface area contributed by atoms with Crippen LogP contribution in [0.25, 0.3) is 16.6 Å². The van der Waals surface area contributed by atoms with E-state index in [2.05, 4.69) is 5.32 Å². The second kappa shape index (κ2) is 9.23. The summed E-state index contributed by atoms with van der Waals surface area (Å²) < 4.78 is 12.7. The molecule has 0 fully saturated rings. The first-order valence-corrected chi connectivity index (χ1v) is 11.9. The van der Waals surface area contributed by atoms with Crippen molar-refractivity contribution < 1.29 is 14.3 Å². The van der Waals surface area contributed by atoms with Gasteiger partial charge in [0.2, 0.25) is 5.91 Å². The van der Waals surface area contributed by atoms with Crippen LogP contribution in [0.4, 0.5) is 5.69 Å². The van der Waals surface area contributed by atoms with Crippen LogP contribution < -0.4 is 20.3 Å². The molecule has 0 saturated heterocycles. The molecule has 1 aliphatic rings. The average molecular weight is 474 g/mol. The number of hydrogen-bond acceptors (Lipinski definition) is 6. The molecule has 172 valence electrons. The molecule has 1 aromatic heterocycles. The van der Waals surface area contributed by atoms with E-state index in [4.69, 9.17) is 14.5 Å². The van der Waals surface area contributed by atoms with E-state index in [0.29, 0.717) is 46.5 Å². The number of ether oxygens (including phenoxy) is 2. The predicted octanol–water partition coefficient (Wildman–Crippen LogP) is 4.50. The van der Waals surface area contributed by atoms with Gasteiger partial charge in [0, 0.05) is 11.8 Å². The van der Waals surface area contributed by atoms with E-state index < -0.39 is 0 Å². The fourth-order valence-electron chi connectivity index (χ4n) is 3.93. The van der Waals surface area contributed by atoms with Crippen LogP contribution in [0, 0.1) is 13.8 Å². The number of nitrogens with one attached hydrogen (secondary N) is 1. The third kappa shape index (κ3) is 4.36. The molecule has 0 unspecified atom stereocenters. The highest BCUT2D eigenvalue weighted by Crippen LogP contribution is 2.32. The Labute approximate surface area is 200 Å². The Kier molecular flexibility index (Phi) is 5.98. The Bertz CT molecular complexity index is 1460. The summed E-state index contributed by atoms with van der Waals surface area (Å²) >= 11 is 1.22. The first-order valence-electron chi connectivity index (χ1n) is 10.9. The second-order valence-corrected chi connectivity index (χ2v) is 8.98. The monoisotopic (exact) mass is 473 g/mol. The van der Waals surface area contributed by atoms with Crippen molar-refractivity contribution in [3.05, 3.63) is 82.1 Å². The van der Waals surface area contributed by atoms with Gasteiger partial charge < -0.3 is 14.8 Å². The molecule has 34 heavy (non-hydrogen) atoms. The Balaban J connectivity index is 1.44. The lowest BCUT2D eigenvalue weighted by Crippen LogP contribution is -2.23. The number of aryl methyl sites for hydroxylation is 2. The first kappa shape index (κ1) is 22.0. The van der Waals surface area contributed by atoms with Gasteiger partial charge in [0.15, 0.2) is 16.7 Å². The quantitative estimate of drug-likeness (QED) is 0.339. The van der Waals surface area contributed by atoms with Gasteiger partial charge in [-0.2, -0.15) is 0 Å². The van der Waals surface area contributed by atoms with E-state index in [-0.39, 0.29) is 17.2 Å². The highest BCUT2D eigenvalue weighted by Gasteiger charge is 2.17. The molecule has 0 spiro atoms. The van der Waals surface area contributed by atoms with Crippen LogP contribution in [0.1, 0.15) is 11.1 Å². The number of para-hydroxylation sites is 1. The van der Waals surface area contributed by atoms with Crippen LogP contribution in [0.2, 0.25) is 0 Å². The maximum Gasteiger partial charge on any atom is 0.266 e. The first-order chi connectivity index (χ1) is 16.5. The highest BCUT2D eigenvalue weighted by molar-refractivity contribution is 7.99. The van der Waals surface area contributed by atoms with Crippen molar-refractivity contribution in [3.8, 4) is 17.2 Å². The number of amides is 1. The summed E-state index contributed by atoms with van der Waals surface area (Å²) in [5.74, 6) is 1.15. The zero-order valence-corrected chi connectivity index (χ0v) is 19.6. The number of fused-ring (bicyclic) bond motifs is 2. The lowest BCUT2D eigenvalue weighted by molar-refractivity contribution is -0.113. The highest BCUT2D eigenvalue weighted by atomic mass is 32.2. The number of rotatable bonds is 5. The Morgan fingerprint density at radius 3 is 2.65 bits per heavy atom. The SMILES string of the molecule is Cc1ccc(-n2c(SCC(=O)Nc3ccc4c(c3)OCCO4)nc3ccccc3c2=O)c(C)c1. The van der Waals surface area contributed by atoms with Crippen molar-refractivity contribution >= 4 is 34.3 Å². The zero-order valence-electron chi connectivity index (χ0n) is 18.8. The minimum atomic E-state index is -0.212. The number of carbonyl (C=O) groups is 1. The molecular weight excluding hydrogens is 450 g/mol. The van der Waals surface area contributed by atoms with Gasteiger partial charge in [0.25, 0.3) is 5.56 Å². The minimum Gasteiger partial charge on any atom is -0.486 e. The normalized spacial score (nSPS) is 12.5. The number of aromatic nitrogens is 2. The summed E-state index contributed by atoms with van der Waals surface area (Å²) in [6.45, 7) is 4.96. The van der Waals surface area contributed by atoms with Crippen LogP contribution in [0.15, 0.2) is 70.6 Å². The summed E-state index contributed by atoms with van der Waals surface area (Å²) in [5.41, 5.74) is 3.88. The van der Waals surface area contributed by atoms with E-state index in [1.54, 1.807) is 28.8 Å². The lowest BCUT2D eigenvalue weighted by Gasteiger charge is -2.19. The summed E-state index contributed by atoms with van der Waals surface area (Å²) in [6.07, 6.45) is 0. The fraction of sp³-hybridized carbons (Fsp3) is 0.192. The minimum absolute atomic E-state index is 0.0874. The van der Waals surface area contributed by atoms with Crippen molar-refractivity contribution in [2.45, 2.75) is 19.0 Å². The number of hydrogen-bond donors (Lipinski definition) is 1. The molecule has 1 N–H and O–H groups in total. The van der Waals surface area contributed by atoms with Gasteiger partial charge >= 0.3 is 0 Å². The molecule has 0 aliphatic carbocycles. The van der Waals surface area contributed by atoms with E-state index >= 15 is 0 Å². The van der Waals surface area contributed by atoms with Crippen LogP contribution in [0.3, 0.4) is 0 Å². The molecular formula is C26H23N3O4S. The number of anilines is 1. The summed E-state index contributed by atoms with van der Waals surface area (Å²) in [5, 5.41) is 3.88. The predicted molar refractivity (Wildman–Crippen MR) is 134 cm³/mol. The average Bonchev–Trinajstić information content (AvgIpc) is 2.83. The number of thioether (sulfide) groups is 1. The molecule has 8 heteroatoms. The van der Waals surface area contributed by atoms with Crippen molar-refractivity contribution in [2.75, 3.05) is 24.3 Å². The van der Waals surface area contributed by atoms with E-state index in [1.807, 2.05) is 50.2 Å². The summed E-state index contributed by atoms with van der Waals surface area (Å²) in [4.78, 5) is 30.9. The topological polar surface area (TPSA) is 82.5 Å². The third-order valence-electron chi connectivity index (χ3n) is 5.50.